The first kappa shape index (κ1) is 17.0. The molecule has 1 N–H and O–H groups in total. The lowest BCUT2D eigenvalue weighted by molar-refractivity contribution is -0.144. The van der Waals surface area contributed by atoms with Gasteiger partial charge in [-0.15, -0.1) is 0 Å². The van der Waals surface area contributed by atoms with Crippen molar-refractivity contribution in [3.63, 3.8) is 0 Å². The van der Waals surface area contributed by atoms with Crippen LogP contribution in [-0.2, 0) is 4.79 Å². The standard InChI is InChI=1S/C20H16ClNO3/c1-13(20(23)24)25-18-4-2-3-14(11-18)5-9-17-10-7-15-6-8-16(21)12-19(15)22-17/h2-13H,1H3,(H,23,24)/b9-5-. The fourth-order valence-electron chi connectivity index (χ4n) is 2.33. The summed E-state index contributed by atoms with van der Waals surface area (Å²) in [5.74, 6) is -0.490. The van der Waals surface area contributed by atoms with Crippen LogP contribution in [0.4, 0.5) is 0 Å². The third kappa shape index (κ3) is 4.37. The molecule has 0 aliphatic carbocycles. The molecule has 1 aromatic heterocycles. The number of carboxylic acids is 1. The minimum absolute atomic E-state index is 0.510. The highest BCUT2D eigenvalue weighted by molar-refractivity contribution is 6.31. The SMILES string of the molecule is CC(Oc1cccc(/C=C\c2ccc3ccc(Cl)cc3n2)c1)C(=O)O. The van der Waals surface area contributed by atoms with Crippen LogP contribution in [0, 0.1) is 0 Å². The number of pyridine rings is 1. The fraction of sp³-hybridized carbons (Fsp3) is 0.100. The molecule has 0 fully saturated rings. The van der Waals surface area contributed by atoms with Crippen molar-refractivity contribution < 1.29 is 14.6 Å². The lowest BCUT2D eigenvalue weighted by atomic mass is 10.1. The predicted octanol–water partition coefficient (Wildman–Crippen LogP) is 4.91. The van der Waals surface area contributed by atoms with Gasteiger partial charge in [-0.05, 0) is 48.9 Å². The quantitative estimate of drug-likeness (QED) is 0.708. The molecule has 4 nitrogen and oxygen atoms in total. The molecule has 2 aromatic carbocycles. The van der Waals surface area contributed by atoms with Gasteiger partial charge in [0.25, 0.3) is 0 Å². The van der Waals surface area contributed by atoms with E-state index in [1.165, 1.54) is 6.92 Å². The molecule has 0 amide bonds. The van der Waals surface area contributed by atoms with E-state index in [4.69, 9.17) is 21.4 Å². The van der Waals surface area contributed by atoms with E-state index in [2.05, 4.69) is 4.98 Å². The lowest BCUT2D eigenvalue weighted by Crippen LogP contribution is -2.22. The summed E-state index contributed by atoms with van der Waals surface area (Å²) in [4.78, 5) is 15.4. The first-order chi connectivity index (χ1) is 12.0. The summed E-state index contributed by atoms with van der Waals surface area (Å²) in [7, 11) is 0. The third-order valence-electron chi connectivity index (χ3n) is 3.64. The van der Waals surface area contributed by atoms with Crippen molar-refractivity contribution >= 4 is 40.6 Å². The van der Waals surface area contributed by atoms with Crippen LogP contribution in [0.2, 0.25) is 5.02 Å². The van der Waals surface area contributed by atoms with Crippen molar-refractivity contribution in [2.24, 2.45) is 0 Å². The molecule has 126 valence electrons. The molecule has 0 aliphatic rings. The Kier molecular flexibility index (Phi) is 5.00. The molecular weight excluding hydrogens is 338 g/mol. The average Bonchev–Trinajstić information content (AvgIpc) is 2.59. The van der Waals surface area contributed by atoms with Crippen molar-refractivity contribution in [3.8, 4) is 5.75 Å². The maximum atomic E-state index is 10.9. The molecule has 0 aliphatic heterocycles. The Balaban J connectivity index is 1.81. The summed E-state index contributed by atoms with van der Waals surface area (Å²) >= 11 is 6.01. The molecule has 25 heavy (non-hydrogen) atoms. The Bertz CT molecular complexity index is 953. The number of nitrogens with zero attached hydrogens (tertiary/aromatic N) is 1. The maximum Gasteiger partial charge on any atom is 0.344 e. The zero-order valence-electron chi connectivity index (χ0n) is 13.5. The number of aromatic nitrogens is 1. The second kappa shape index (κ2) is 7.36. The Hall–Kier alpha value is -2.85. The minimum atomic E-state index is -1.00. The highest BCUT2D eigenvalue weighted by Crippen LogP contribution is 2.20. The van der Waals surface area contributed by atoms with Gasteiger partial charge in [0, 0.05) is 10.4 Å². The van der Waals surface area contributed by atoms with Crippen LogP contribution in [0.5, 0.6) is 5.75 Å². The summed E-state index contributed by atoms with van der Waals surface area (Å²) in [5, 5.41) is 10.6. The van der Waals surface area contributed by atoms with Crippen LogP contribution in [0.3, 0.4) is 0 Å². The van der Waals surface area contributed by atoms with E-state index in [-0.39, 0.29) is 0 Å². The maximum absolute atomic E-state index is 10.9. The van der Waals surface area contributed by atoms with E-state index in [9.17, 15) is 4.79 Å². The summed E-state index contributed by atoms with van der Waals surface area (Å²) in [6.45, 7) is 1.50. The molecule has 3 rings (SSSR count). The van der Waals surface area contributed by atoms with E-state index in [1.54, 1.807) is 12.1 Å². The summed E-state index contributed by atoms with van der Waals surface area (Å²) in [5.41, 5.74) is 2.53. The van der Waals surface area contributed by atoms with Gasteiger partial charge < -0.3 is 9.84 Å². The number of hydrogen-bond donors (Lipinski definition) is 1. The number of rotatable bonds is 5. The van der Waals surface area contributed by atoms with E-state index in [0.717, 1.165) is 22.2 Å². The zero-order valence-corrected chi connectivity index (χ0v) is 14.3. The smallest absolute Gasteiger partial charge is 0.344 e. The van der Waals surface area contributed by atoms with E-state index < -0.39 is 12.1 Å². The van der Waals surface area contributed by atoms with Crippen molar-refractivity contribution in [2.45, 2.75) is 13.0 Å². The first-order valence-corrected chi connectivity index (χ1v) is 8.13. The van der Waals surface area contributed by atoms with E-state index in [1.807, 2.05) is 54.6 Å². The van der Waals surface area contributed by atoms with Crippen molar-refractivity contribution in [3.05, 3.63) is 70.9 Å². The number of hydrogen-bond acceptors (Lipinski definition) is 3. The molecule has 0 saturated carbocycles. The molecule has 3 aromatic rings. The zero-order chi connectivity index (χ0) is 17.8. The molecule has 0 spiro atoms. The van der Waals surface area contributed by atoms with Crippen LogP contribution in [0.1, 0.15) is 18.2 Å². The molecular formula is C20H16ClNO3. The van der Waals surface area contributed by atoms with Crippen LogP contribution in [0.15, 0.2) is 54.6 Å². The molecule has 0 radical (unpaired) electrons. The Morgan fingerprint density at radius 1 is 1.16 bits per heavy atom. The number of halogens is 1. The van der Waals surface area contributed by atoms with E-state index in [0.29, 0.717) is 10.8 Å². The third-order valence-corrected chi connectivity index (χ3v) is 3.88. The Morgan fingerprint density at radius 2 is 1.96 bits per heavy atom. The summed E-state index contributed by atoms with van der Waals surface area (Å²) in [6.07, 6.45) is 2.89. The predicted molar refractivity (Wildman–Crippen MR) is 99.8 cm³/mol. The second-order valence-electron chi connectivity index (χ2n) is 5.58. The first-order valence-electron chi connectivity index (χ1n) is 7.75. The van der Waals surface area contributed by atoms with Gasteiger partial charge in [-0.1, -0.05) is 41.9 Å². The van der Waals surface area contributed by atoms with E-state index >= 15 is 0 Å². The van der Waals surface area contributed by atoms with Crippen molar-refractivity contribution in [2.75, 3.05) is 0 Å². The number of carbonyl (C=O) groups is 1. The van der Waals surface area contributed by atoms with Crippen LogP contribution in [0.25, 0.3) is 23.1 Å². The fourth-order valence-corrected chi connectivity index (χ4v) is 2.49. The van der Waals surface area contributed by atoms with Crippen LogP contribution < -0.4 is 4.74 Å². The largest absolute Gasteiger partial charge is 0.479 e. The molecule has 5 heteroatoms. The van der Waals surface area contributed by atoms with Gasteiger partial charge in [-0.25, -0.2) is 9.78 Å². The highest BCUT2D eigenvalue weighted by Gasteiger charge is 2.12. The number of fused-ring (bicyclic) bond motifs is 1. The highest BCUT2D eigenvalue weighted by atomic mass is 35.5. The van der Waals surface area contributed by atoms with Crippen molar-refractivity contribution in [1.29, 1.82) is 0 Å². The second-order valence-corrected chi connectivity index (χ2v) is 6.01. The van der Waals surface area contributed by atoms with Crippen LogP contribution >= 0.6 is 11.6 Å². The molecule has 0 saturated heterocycles. The Labute approximate surface area is 150 Å². The van der Waals surface area contributed by atoms with Gasteiger partial charge >= 0.3 is 5.97 Å². The number of carboxylic acid groups (broad SMARTS) is 1. The van der Waals surface area contributed by atoms with Crippen LogP contribution in [-0.4, -0.2) is 22.2 Å². The van der Waals surface area contributed by atoms with Gasteiger partial charge in [0.15, 0.2) is 6.10 Å². The normalized spacial score (nSPS) is 12.4. The summed E-state index contributed by atoms with van der Waals surface area (Å²) < 4.78 is 5.38. The molecule has 1 unspecified atom stereocenters. The number of benzene rings is 2. The van der Waals surface area contributed by atoms with Gasteiger partial charge in [0.2, 0.25) is 0 Å². The number of ether oxygens (including phenoxy) is 1. The Morgan fingerprint density at radius 3 is 2.76 bits per heavy atom. The topological polar surface area (TPSA) is 59.4 Å². The lowest BCUT2D eigenvalue weighted by Gasteiger charge is -2.10. The molecule has 1 atom stereocenters. The van der Waals surface area contributed by atoms with Gasteiger partial charge in [0.05, 0.1) is 11.2 Å². The minimum Gasteiger partial charge on any atom is -0.479 e. The monoisotopic (exact) mass is 353 g/mol. The van der Waals surface area contributed by atoms with Gasteiger partial charge in [-0.3, -0.25) is 0 Å². The number of aliphatic carboxylic acids is 1. The van der Waals surface area contributed by atoms with Crippen molar-refractivity contribution in [1.82, 2.24) is 4.98 Å². The average molecular weight is 354 g/mol. The molecule has 0 bridgehead atoms. The summed E-state index contributed by atoms with van der Waals surface area (Å²) in [6, 6.07) is 16.8. The van der Waals surface area contributed by atoms with Gasteiger partial charge in [-0.2, -0.15) is 0 Å². The molecule has 1 heterocycles. The van der Waals surface area contributed by atoms with Gasteiger partial charge in [0.1, 0.15) is 5.75 Å².